The number of alkyl halides is 1. The third-order valence-corrected chi connectivity index (χ3v) is 3.16. The third kappa shape index (κ3) is 2.81. The number of hydrogen-bond acceptors (Lipinski definition) is 1. The molecule has 1 unspecified atom stereocenters. The first-order valence-electron chi connectivity index (χ1n) is 6.08. The Bertz CT molecular complexity index is 565. The maximum Gasteiger partial charge on any atom is 0.127 e. The second-order valence-corrected chi connectivity index (χ2v) is 6.96. The fourth-order valence-electron chi connectivity index (χ4n) is 2.06. The van der Waals surface area contributed by atoms with Gasteiger partial charge in [-0.3, -0.25) is 0 Å². The summed E-state index contributed by atoms with van der Waals surface area (Å²) in [6.45, 7) is 9.42. The van der Waals surface area contributed by atoms with Gasteiger partial charge in [-0.1, -0.05) is 32.4 Å². The zero-order valence-corrected chi connectivity index (χ0v) is 12.7. The SMILES string of the molecule is CC(Cl)c1nc2ccc(Cl)cc2n1CC(C)(C)C. The molecule has 2 aromatic rings. The summed E-state index contributed by atoms with van der Waals surface area (Å²) in [7, 11) is 0. The van der Waals surface area contributed by atoms with E-state index in [4.69, 9.17) is 23.2 Å². The van der Waals surface area contributed by atoms with Gasteiger partial charge in [-0.25, -0.2) is 4.98 Å². The van der Waals surface area contributed by atoms with Crippen LogP contribution < -0.4 is 0 Å². The van der Waals surface area contributed by atoms with E-state index in [0.29, 0.717) is 0 Å². The molecule has 2 rings (SSSR count). The molecule has 0 saturated carbocycles. The molecule has 0 aliphatic rings. The molecule has 0 aliphatic carbocycles. The van der Waals surface area contributed by atoms with Gasteiger partial charge in [0.05, 0.1) is 16.4 Å². The highest BCUT2D eigenvalue weighted by molar-refractivity contribution is 6.31. The number of halogens is 2. The molecular formula is C14H18Cl2N2. The molecule has 1 aromatic carbocycles. The van der Waals surface area contributed by atoms with Crippen LogP contribution in [0.15, 0.2) is 18.2 Å². The predicted molar refractivity (Wildman–Crippen MR) is 78.5 cm³/mol. The second-order valence-electron chi connectivity index (χ2n) is 5.87. The van der Waals surface area contributed by atoms with Gasteiger partial charge in [0.15, 0.2) is 0 Å². The molecule has 98 valence electrons. The molecule has 0 N–H and O–H groups in total. The Balaban J connectivity index is 2.64. The molecule has 1 heterocycles. The third-order valence-electron chi connectivity index (χ3n) is 2.73. The van der Waals surface area contributed by atoms with Crippen molar-refractivity contribution in [3.8, 4) is 0 Å². The summed E-state index contributed by atoms with van der Waals surface area (Å²) in [4.78, 5) is 4.61. The minimum Gasteiger partial charge on any atom is -0.326 e. The van der Waals surface area contributed by atoms with Gasteiger partial charge in [0.2, 0.25) is 0 Å². The van der Waals surface area contributed by atoms with Crippen molar-refractivity contribution >= 4 is 34.2 Å². The van der Waals surface area contributed by atoms with Gasteiger partial charge in [0, 0.05) is 11.6 Å². The van der Waals surface area contributed by atoms with E-state index in [9.17, 15) is 0 Å². The fourth-order valence-corrected chi connectivity index (χ4v) is 2.39. The largest absolute Gasteiger partial charge is 0.326 e. The van der Waals surface area contributed by atoms with E-state index in [1.54, 1.807) is 0 Å². The number of fused-ring (bicyclic) bond motifs is 1. The lowest BCUT2D eigenvalue weighted by Gasteiger charge is -2.21. The van der Waals surface area contributed by atoms with Crippen LogP contribution in [0.5, 0.6) is 0 Å². The number of hydrogen-bond donors (Lipinski definition) is 0. The van der Waals surface area contributed by atoms with Gasteiger partial charge in [-0.05, 0) is 30.5 Å². The van der Waals surface area contributed by atoms with Crippen LogP contribution in [0.2, 0.25) is 5.02 Å². The Morgan fingerprint density at radius 1 is 1.33 bits per heavy atom. The molecule has 0 radical (unpaired) electrons. The summed E-state index contributed by atoms with van der Waals surface area (Å²) in [5.74, 6) is 0.906. The quantitative estimate of drug-likeness (QED) is 0.707. The van der Waals surface area contributed by atoms with Gasteiger partial charge in [0.25, 0.3) is 0 Å². The molecular weight excluding hydrogens is 267 g/mol. The lowest BCUT2D eigenvalue weighted by atomic mass is 9.96. The van der Waals surface area contributed by atoms with Gasteiger partial charge >= 0.3 is 0 Å². The highest BCUT2D eigenvalue weighted by Crippen LogP contribution is 2.29. The number of rotatable bonds is 2. The van der Waals surface area contributed by atoms with Gasteiger partial charge in [-0.15, -0.1) is 11.6 Å². The van der Waals surface area contributed by atoms with Crippen molar-refractivity contribution in [1.29, 1.82) is 0 Å². The molecule has 1 aromatic heterocycles. The highest BCUT2D eigenvalue weighted by Gasteiger charge is 2.20. The summed E-state index contributed by atoms with van der Waals surface area (Å²) < 4.78 is 2.18. The average molecular weight is 285 g/mol. The second kappa shape index (κ2) is 4.75. The number of aromatic nitrogens is 2. The molecule has 1 atom stereocenters. The molecule has 4 heteroatoms. The first-order valence-corrected chi connectivity index (χ1v) is 6.89. The van der Waals surface area contributed by atoms with E-state index in [2.05, 4.69) is 30.3 Å². The van der Waals surface area contributed by atoms with E-state index in [-0.39, 0.29) is 10.8 Å². The van der Waals surface area contributed by atoms with Gasteiger partial charge < -0.3 is 4.57 Å². The maximum atomic E-state index is 6.23. The molecule has 0 bridgehead atoms. The van der Waals surface area contributed by atoms with E-state index in [0.717, 1.165) is 28.4 Å². The Kier molecular flexibility index (Phi) is 3.61. The van der Waals surface area contributed by atoms with Gasteiger partial charge in [-0.2, -0.15) is 0 Å². The van der Waals surface area contributed by atoms with Crippen molar-refractivity contribution in [3.05, 3.63) is 29.0 Å². The summed E-state index contributed by atoms with van der Waals surface area (Å²) in [6.07, 6.45) is 0. The van der Waals surface area contributed by atoms with Crippen LogP contribution in [0.4, 0.5) is 0 Å². The van der Waals surface area contributed by atoms with E-state index in [1.807, 2.05) is 25.1 Å². The summed E-state index contributed by atoms with van der Waals surface area (Å²) >= 11 is 12.3. The first-order chi connectivity index (χ1) is 8.28. The van der Waals surface area contributed by atoms with Crippen molar-refractivity contribution in [1.82, 2.24) is 9.55 Å². The molecule has 0 spiro atoms. The maximum absolute atomic E-state index is 6.23. The van der Waals surface area contributed by atoms with Crippen molar-refractivity contribution in [2.45, 2.75) is 39.6 Å². The standard InChI is InChI=1S/C14H18Cl2N2/c1-9(15)13-17-11-6-5-10(16)7-12(11)18(13)8-14(2,3)4/h5-7,9H,8H2,1-4H3. The van der Waals surface area contributed by atoms with Crippen LogP contribution in [-0.2, 0) is 6.54 Å². The first kappa shape index (κ1) is 13.7. The molecule has 18 heavy (non-hydrogen) atoms. The van der Waals surface area contributed by atoms with Crippen LogP contribution in [0.3, 0.4) is 0 Å². The van der Waals surface area contributed by atoms with E-state index < -0.39 is 0 Å². The lowest BCUT2D eigenvalue weighted by molar-refractivity contribution is 0.343. The average Bonchev–Trinajstić information content (AvgIpc) is 2.55. The molecule has 0 fully saturated rings. The van der Waals surface area contributed by atoms with E-state index >= 15 is 0 Å². The normalized spacial score (nSPS) is 14.1. The lowest BCUT2D eigenvalue weighted by Crippen LogP contribution is -2.17. The number of benzene rings is 1. The number of nitrogens with zero attached hydrogens (tertiary/aromatic N) is 2. The van der Waals surface area contributed by atoms with Crippen LogP contribution in [0, 0.1) is 5.41 Å². The molecule has 0 saturated heterocycles. The van der Waals surface area contributed by atoms with Gasteiger partial charge in [0.1, 0.15) is 5.82 Å². The fraction of sp³-hybridized carbons (Fsp3) is 0.500. The topological polar surface area (TPSA) is 17.8 Å². The van der Waals surface area contributed by atoms with Crippen molar-refractivity contribution < 1.29 is 0 Å². The smallest absolute Gasteiger partial charge is 0.127 e. The summed E-state index contributed by atoms with van der Waals surface area (Å²) in [5, 5.41) is 0.616. The Morgan fingerprint density at radius 2 is 2.00 bits per heavy atom. The van der Waals surface area contributed by atoms with Crippen LogP contribution in [0.25, 0.3) is 11.0 Å². The van der Waals surface area contributed by atoms with E-state index in [1.165, 1.54) is 0 Å². The zero-order valence-electron chi connectivity index (χ0n) is 11.2. The van der Waals surface area contributed by atoms with Crippen molar-refractivity contribution in [2.75, 3.05) is 0 Å². The monoisotopic (exact) mass is 284 g/mol. The summed E-state index contributed by atoms with van der Waals surface area (Å²) in [5.41, 5.74) is 2.17. The van der Waals surface area contributed by atoms with Crippen LogP contribution in [0.1, 0.15) is 38.9 Å². The van der Waals surface area contributed by atoms with Crippen molar-refractivity contribution in [2.24, 2.45) is 5.41 Å². The summed E-state index contributed by atoms with van der Waals surface area (Å²) in [6, 6.07) is 5.76. The Labute approximate surface area is 118 Å². The Hall–Kier alpha value is -0.730. The van der Waals surface area contributed by atoms with Crippen molar-refractivity contribution in [3.63, 3.8) is 0 Å². The molecule has 2 nitrogen and oxygen atoms in total. The minimum atomic E-state index is -0.112. The number of imidazole rings is 1. The predicted octanol–water partition coefficient (Wildman–Crippen LogP) is 5.04. The zero-order chi connectivity index (χ0) is 13.5. The Morgan fingerprint density at radius 3 is 2.56 bits per heavy atom. The molecule has 0 amide bonds. The van der Waals surface area contributed by atoms with Crippen LogP contribution in [-0.4, -0.2) is 9.55 Å². The minimum absolute atomic E-state index is 0.112. The molecule has 0 aliphatic heterocycles. The van der Waals surface area contributed by atoms with Crippen LogP contribution >= 0.6 is 23.2 Å². The highest BCUT2D eigenvalue weighted by atomic mass is 35.5.